The summed E-state index contributed by atoms with van der Waals surface area (Å²) >= 11 is 6.42. The summed E-state index contributed by atoms with van der Waals surface area (Å²) in [6.45, 7) is 9.39. The SMILES string of the molecule is CCCc1nc2c(C)cc(-c3nc4ccccc4n3C)cc2n1Cc1ccc(-c2ccccc2C(=O)O)cc1.CCOC(=O)C1=C(COCCN)NC(C)=C(C(=O)OC)C1c1ccccc1Cl.O=S(=O)(O)c1ccccc1. The Balaban J connectivity index is 0.000000197. The van der Waals surface area contributed by atoms with Crippen LogP contribution in [0.3, 0.4) is 0 Å². The highest BCUT2D eigenvalue weighted by Gasteiger charge is 2.39. The molecule has 400 valence electrons. The average molecular weight is 1080 g/mol. The number of nitrogens with zero attached hydrogens (tertiary/aromatic N) is 4. The Morgan fingerprint density at radius 1 is 0.805 bits per heavy atom. The van der Waals surface area contributed by atoms with Crippen LogP contribution >= 0.6 is 11.6 Å². The Morgan fingerprint density at radius 3 is 2.12 bits per heavy atom. The molecule has 6 aromatic carbocycles. The first-order chi connectivity index (χ1) is 37.0. The lowest BCUT2D eigenvalue weighted by Gasteiger charge is -2.31. The maximum Gasteiger partial charge on any atom is 0.336 e. The molecule has 18 heteroatoms. The summed E-state index contributed by atoms with van der Waals surface area (Å²) in [6.07, 6.45) is 1.89. The molecule has 0 fully saturated rings. The highest BCUT2D eigenvalue weighted by Crippen LogP contribution is 2.42. The van der Waals surface area contributed by atoms with E-state index in [0.717, 1.165) is 74.4 Å². The fraction of sp³-hybridized carbons (Fsp3) is 0.237. The lowest BCUT2D eigenvalue weighted by Crippen LogP contribution is -2.35. The number of hydrogen-bond donors (Lipinski definition) is 4. The summed E-state index contributed by atoms with van der Waals surface area (Å²) in [6, 6.07) is 42.4. The van der Waals surface area contributed by atoms with Crippen molar-refractivity contribution in [3.63, 3.8) is 0 Å². The fourth-order valence-corrected chi connectivity index (χ4v) is 9.91. The lowest BCUT2D eigenvalue weighted by molar-refractivity contribution is -0.139. The number of aromatic nitrogens is 4. The Kier molecular flexibility index (Phi) is 19.0. The first-order valence-electron chi connectivity index (χ1n) is 24.8. The second-order valence-corrected chi connectivity index (χ2v) is 19.7. The van der Waals surface area contributed by atoms with Gasteiger partial charge in [-0.1, -0.05) is 110 Å². The van der Waals surface area contributed by atoms with Crippen molar-refractivity contribution in [1.29, 1.82) is 0 Å². The van der Waals surface area contributed by atoms with Crippen molar-refractivity contribution in [1.82, 2.24) is 24.4 Å². The molecule has 77 heavy (non-hydrogen) atoms. The molecule has 0 aliphatic carbocycles. The number of aromatic carboxylic acids is 1. The number of rotatable bonds is 16. The predicted molar refractivity (Wildman–Crippen MR) is 298 cm³/mol. The number of aryl methyl sites for hydroxylation is 3. The molecule has 1 aliphatic rings. The number of allylic oxidation sites excluding steroid dienone is 1. The van der Waals surface area contributed by atoms with E-state index in [1.165, 1.54) is 19.2 Å². The molecule has 0 spiro atoms. The minimum atomic E-state index is -4.00. The van der Waals surface area contributed by atoms with Gasteiger partial charge in [0.1, 0.15) is 11.6 Å². The summed E-state index contributed by atoms with van der Waals surface area (Å²) in [5.41, 5.74) is 17.2. The van der Waals surface area contributed by atoms with Crippen molar-refractivity contribution in [3.8, 4) is 22.5 Å². The number of nitrogens with one attached hydrogen (secondary N) is 1. The molecule has 1 aliphatic heterocycles. The van der Waals surface area contributed by atoms with E-state index in [1.54, 1.807) is 68.4 Å². The second-order valence-electron chi connectivity index (χ2n) is 17.9. The zero-order valence-electron chi connectivity index (χ0n) is 43.6. The van der Waals surface area contributed by atoms with E-state index in [2.05, 4.69) is 65.7 Å². The van der Waals surface area contributed by atoms with Crippen molar-refractivity contribution in [2.45, 2.75) is 57.9 Å². The van der Waals surface area contributed by atoms with Crippen LogP contribution in [-0.4, -0.2) is 88.6 Å². The number of esters is 2. The summed E-state index contributed by atoms with van der Waals surface area (Å²) in [4.78, 5) is 47.1. The summed E-state index contributed by atoms with van der Waals surface area (Å²) in [5, 5.41) is 13.1. The third-order valence-corrected chi connectivity index (χ3v) is 13.9. The molecule has 9 rings (SSSR count). The molecule has 0 bridgehead atoms. The Morgan fingerprint density at radius 2 is 1.48 bits per heavy atom. The van der Waals surface area contributed by atoms with E-state index in [9.17, 15) is 27.9 Å². The molecule has 0 amide bonds. The second kappa shape index (κ2) is 25.7. The molecule has 1 atom stereocenters. The fourth-order valence-electron chi connectivity index (χ4n) is 9.17. The summed E-state index contributed by atoms with van der Waals surface area (Å²) < 4.78 is 49.5. The van der Waals surface area contributed by atoms with E-state index >= 15 is 0 Å². The minimum Gasteiger partial charge on any atom is -0.478 e. The highest BCUT2D eigenvalue weighted by atomic mass is 35.5. The Bertz CT molecular complexity index is 3610. The molecule has 0 saturated heterocycles. The van der Waals surface area contributed by atoms with E-state index < -0.39 is 33.9 Å². The van der Waals surface area contributed by atoms with Gasteiger partial charge in [0.2, 0.25) is 0 Å². The molecule has 16 nitrogen and oxygen atoms in total. The van der Waals surface area contributed by atoms with Crippen LogP contribution < -0.4 is 11.1 Å². The van der Waals surface area contributed by atoms with E-state index in [0.29, 0.717) is 52.8 Å². The van der Waals surface area contributed by atoms with Gasteiger partial charge in [-0.05, 0) is 104 Å². The van der Waals surface area contributed by atoms with Gasteiger partial charge in [0, 0.05) is 42.8 Å². The Labute approximate surface area is 452 Å². The van der Waals surface area contributed by atoms with Crippen LogP contribution in [0.1, 0.15) is 66.0 Å². The van der Waals surface area contributed by atoms with Crippen LogP contribution in [-0.2, 0) is 53.9 Å². The average Bonchev–Trinajstić information content (AvgIpc) is 3.96. The molecule has 8 aromatic rings. The van der Waals surface area contributed by atoms with Gasteiger partial charge in [-0.3, -0.25) is 4.55 Å². The normalized spacial score (nSPS) is 13.3. The molecule has 0 saturated carbocycles. The molecular weight excluding hydrogens is 1020 g/mol. The van der Waals surface area contributed by atoms with Crippen LogP contribution in [0, 0.1) is 6.92 Å². The Hall–Kier alpha value is -7.93. The number of carboxylic acid groups (broad SMARTS) is 1. The van der Waals surface area contributed by atoms with Gasteiger partial charge < -0.3 is 39.5 Å². The molecule has 0 radical (unpaired) electrons. The quantitative estimate of drug-likeness (QED) is 0.0401. The monoisotopic (exact) mass is 1080 g/mol. The summed E-state index contributed by atoms with van der Waals surface area (Å²) in [7, 11) is -0.648. The number of nitrogens with two attached hydrogens (primary N) is 1. The van der Waals surface area contributed by atoms with Gasteiger partial charge in [0.25, 0.3) is 10.1 Å². The topological polar surface area (TPSA) is 227 Å². The van der Waals surface area contributed by atoms with Crippen LogP contribution in [0.2, 0.25) is 5.02 Å². The van der Waals surface area contributed by atoms with Gasteiger partial charge in [0.05, 0.1) is 82.2 Å². The minimum absolute atomic E-state index is 0.0741. The number of carbonyl (C=O) groups excluding carboxylic acids is 2. The number of dihydropyridines is 1. The number of benzene rings is 6. The molecule has 2 aromatic heterocycles. The first-order valence-corrected chi connectivity index (χ1v) is 26.7. The number of carbonyl (C=O) groups is 3. The van der Waals surface area contributed by atoms with E-state index in [1.807, 2.05) is 42.5 Å². The smallest absolute Gasteiger partial charge is 0.336 e. The largest absolute Gasteiger partial charge is 0.478 e. The van der Waals surface area contributed by atoms with Crippen LogP contribution in [0.15, 0.2) is 167 Å². The number of fused-ring (bicyclic) bond motifs is 2. The number of halogens is 1. The number of ether oxygens (including phenoxy) is 3. The first kappa shape index (κ1) is 56.8. The zero-order valence-corrected chi connectivity index (χ0v) is 45.2. The van der Waals surface area contributed by atoms with Gasteiger partial charge >= 0.3 is 17.9 Å². The van der Waals surface area contributed by atoms with Crippen molar-refractivity contribution < 1.29 is 46.7 Å². The third kappa shape index (κ3) is 13.2. The highest BCUT2D eigenvalue weighted by molar-refractivity contribution is 7.85. The lowest BCUT2D eigenvalue weighted by atomic mass is 9.80. The van der Waals surface area contributed by atoms with Gasteiger partial charge in [-0.25, -0.2) is 24.4 Å². The van der Waals surface area contributed by atoms with Crippen LogP contribution in [0.25, 0.3) is 44.6 Å². The van der Waals surface area contributed by atoms with Gasteiger partial charge in [0.15, 0.2) is 0 Å². The zero-order chi connectivity index (χ0) is 55.4. The number of methoxy groups -OCH3 is 1. The number of carboxylic acids is 1. The van der Waals surface area contributed by atoms with E-state index in [4.69, 9.17) is 46.1 Å². The molecular formula is C59H61ClN6O10S. The van der Waals surface area contributed by atoms with Crippen LogP contribution in [0.4, 0.5) is 0 Å². The van der Waals surface area contributed by atoms with E-state index in [-0.39, 0.29) is 23.7 Å². The third-order valence-electron chi connectivity index (χ3n) is 12.7. The molecule has 3 heterocycles. The molecule has 1 unspecified atom stereocenters. The van der Waals surface area contributed by atoms with Crippen molar-refractivity contribution in [2.24, 2.45) is 12.8 Å². The standard InChI is InChI=1S/C33H30N4O2.C20H25ClN2O5.C6H6O3S/c1-4-9-30-35-31-21(2)18-24(32-34-27-12-7-8-13-28(27)36(32)3)19-29(31)37(30)20-22-14-16-23(17-15-22)25-10-5-6-11-26(25)33(38)39;1-4-28-20(25)18-15(11-27-10-9-22)23-12(2)16(19(24)26-3)17(18)13-7-5-6-8-14(13)21;7-10(8,9)6-4-2-1-3-5-6/h5-8,10-19H,4,9,20H2,1-3H3,(H,38,39);5-8,17,23H,4,9-11,22H2,1-3H3;1-5H,(H,7,8,9). The van der Waals surface area contributed by atoms with Crippen molar-refractivity contribution >= 4 is 61.7 Å². The summed E-state index contributed by atoms with van der Waals surface area (Å²) in [5.74, 6) is -0.780. The number of para-hydroxylation sites is 2. The number of imidazole rings is 2. The molecule has 5 N–H and O–H groups in total. The van der Waals surface area contributed by atoms with Gasteiger partial charge in [-0.15, -0.1) is 0 Å². The van der Waals surface area contributed by atoms with Crippen molar-refractivity contribution in [2.75, 3.05) is 33.5 Å². The maximum absolute atomic E-state index is 12.9. The van der Waals surface area contributed by atoms with Crippen LogP contribution in [0.5, 0.6) is 0 Å². The van der Waals surface area contributed by atoms with Crippen molar-refractivity contribution in [3.05, 3.63) is 195 Å². The van der Waals surface area contributed by atoms with Gasteiger partial charge in [-0.2, -0.15) is 8.42 Å². The maximum atomic E-state index is 12.9. The predicted octanol–water partition coefficient (Wildman–Crippen LogP) is 10.5. The number of hydrogen-bond acceptors (Lipinski definition) is 12.